The zero-order chi connectivity index (χ0) is 17.4. The summed E-state index contributed by atoms with van der Waals surface area (Å²) in [6.45, 7) is 6.14. The number of nitrogens with zero attached hydrogens (tertiary/aromatic N) is 3. The van der Waals surface area contributed by atoms with Gasteiger partial charge in [-0.2, -0.15) is 9.78 Å². The van der Waals surface area contributed by atoms with Gasteiger partial charge in [-0.15, -0.1) is 11.3 Å². The normalized spacial score (nSPS) is 20.2. The molecule has 25 heavy (non-hydrogen) atoms. The number of hydrogen-bond acceptors (Lipinski definition) is 3. The molecule has 1 aliphatic rings. The lowest BCUT2D eigenvalue weighted by molar-refractivity contribution is -0.941. The molecule has 0 spiro atoms. The predicted molar refractivity (Wildman–Crippen MR) is 104 cm³/mol. The highest BCUT2D eigenvalue weighted by Crippen LogP contribution is 2.23. The van der Waals surface area contributed by atoms with Crippen molar-refractivity contribution in [1.29, 1.82) is 0 Å². The highest BCUT2D eigenvalue weighted by molar-refractivity contribution is 7.71. The zero-order valence-corrected chi connectivity index (χ0v) is 16.2. The summed E-state index contributed by atoms with van der Waals surface area (Å²) < 4.78 is 4.86. The molecule has 4 rings (SSSR count). The summed E-state index contributed by atoms with van der Waals surface area (Å²) in [6, 6.07) is 13.4. The summed E-state index contributed by atoms with van der Waals surface area (Å²) in [5.41, 5.74) is 2.34. The van der Waals surface area contributed by atoms with Crippen molar-refractivity contribution in [2.75, 3.05) is 6.54 Å². The molecule has 3 heterocycles. The quantitative estimate of drug-likeness (QED) is 0.711. The van der Waals surface area contributed by atoms with Crippen LogP contribution in [0.3, 0.4) is 0 Å². The van der Waals surface area contributed by atoms with Crippen LogP contribution < -0.4 is 4.90 Å². The molecule has 6 heteroatoms. The lowest BCUT2D eigenvalue weighted by atomic mass is 10.2. The Morgan fingerprint density at radius 3 is 2.76 bits per heavy atom. The van der Waals surface area contributed by atoms with Gasteiger partial charge in [0.1, 0.15) is 11.9 Å². The fourth-order valence-corrected chi connectivity index (χ4v) is 5.00. The lowest BCUT2D eigenvalue weighted by Crippen LogP contribution is -3.09. The first kappa shape index (κ1) is 16.7. The topological polar surface area (TPSA) is 27.2 Å². The first-order valence-electron chi connectivity index (χ1n) is 8.75. The third-order valence-electron chi connectivity index (χ3n) is 5.02. The Kier molecular flexibility index (Phi) is 4.58. The minimum absolute atomic E-state index is 0.576. The first-order valence-corrected chi connectivity index (χ1v) is 10.0. The minimum atomic E-state index is 0.576. The fraction of sp³-hybridized carbons (Fsp3) is 0.368. The van der Waals surface area contributed by atoms with E-state index >= 15 is 0 Å². The van der Waals surface area contributed by atoms with E-state index in [0.29, 0.717) is 6.04 Å². The van der Waals surface area contributed by atoms with E-state index in [9.17, 15) is 0 Å². The van der Waals surface area contributed by atoms with Gasteiger partial charge in [-0.1, -0.05) is 23.8 Å². The highest BCUT2D eigenvalue weighted by atomic mass is 32.1. The van der Waals surface area contributed by atoms with E-state index < -0.39 is 0 Å². The Hall–Kier alpha value is -1.76. The van der Waals surface area contributed by atoms with Crippen LogP contribution in [0, 0.1) is 18.6 Å². The molecule has 1 N–H and O–H groups in total. The molecule has 1 aliphatic heterocycles. The average Bonchev–Trinajstić information content (AvgIpc) is 3.31. The van der Waals surface area contributed by atoms with E-state index in [1.165, 1.54) is 29.8 Å². The van der Waals surface area contributed by atoms with E-state index in [4.69, 9.17) is 17.3 Å². The molecule has 0 bridgehead atoms. The Balaban J connectivity index is 1.62. The number of nitrogens with one attached hydrogen (secondary N) is 1. The second kappa shape index (κ2) is 6.86. The number of hydrogen-bond donors (Lipinski definition) is 1. The Morgan fingerprint density at radius 1 is 1.24 bits per heavy atom. The van der Waals surface area contributed by atoms with Gasteiger partial charge in [0, 0.05) is 18.5 Å². The van der Waals surface area contributed by atoms with Crippen LogP contribution in [0.4, 0.5) is 0 Å². The molecular weight excluding hydrogens is 348 g/mol. The van der Waals surface area contributed by atoms with Gasteiger partial charge in [0.05, 0.1) is 11.4 Å². The van der Waals surface area contributed by atoms with Crippen LogP contribution in [-0.4, -0.2) is 20.9 Å². The van der Waals surface area contributed by atoms with Gasteiger partial charge in [0.25, 0.3) is 0 Å². The van der Waals surface area contributed by atoms with E-state index in [-0.39, 0.29) is 0 Å². The summed E-state index contributed by atoms with van der Waals surface area (Å²) in [7, 11) is 0. The molecule has 0 saturated carbocycles. The molecule has 0 amide bonds. The largest absolute Gasteiger partial charge is 0.309 e. The van der Waals surface area contributed by atoms with Gasteiger partial charge in [-0.05, 0) is 49.6 Å². The van der Waals surface area contributed by atoms with Crippen molar-refractivity contribution in [3.8, 4) is 5.69 Å². The van der Waals surface area contributed by atoms with Gasteiger partial charge in [-0.3, -0.25) is 4.57 Å². The monoisotopic (exact) mass is 371 g/mol. The average molecular weight is 372 g/mol. The number of rotatable bonds is 4. The third kappa shape index (κ3) is 3.21. The summed E-state index contributed by atoms with van der Waals surface area (Å²) >= 11 is 7.62. The molecule has 1 unspecified atom stereocenters. The van der Waals surface area contributed by atoms with Crippen molar-refractivity contribution < 1.29 is 4.90 Å². The second-order valence-electron chi connectivity index (χ2n) is 6.78. The van der Waals surface area contributed by atoms with Gasteiger partial charge in [0.15, 0.2) is 6.67 Å². The van der Waals surface area contributed by atoms with Crippen molar-refractivity contribution in [3.05, 3.63) is 62.8 Å². The predicted octanol–water partition coefficient (Wildman–Crippen LogP) is 3.46. The lowest BCUT2D eigenvalue weighted by Gasteiger charge is -2.20. The Labute approximate surface area is 157 Å². The number of benzene rings is 1. The highest BCUT2D eigenvalue weighted by Gasteiger charge is 2.31. The number of likely N-dealkylation sites (tertiary alicyclic amines) is 1. The summed E-state index contributed by atoms with van der Waals surface area (Å²) in [5.74, 6) is 0.945. The van der Waals surface area contributed by atoms with Crippen LogP contribution in [-0.2, 0) is 6.67 Å². The van der Waals surface area contributed by atoms with Crippen LogP contribution >= 0.6 is 23.6 Å². The summed E-state index contributed by atoms with van der Waals surface area (Å²) in [6.07, 6.45) is 2.52. The number of aryl methyl sites for hydroxylation is 2. The van der Waals surface area contributed by atoms with E-state index in [2.05, 4.69) is 53.3 Å². The number of quaternary nitrogens is 1. The van der Waals surface area contributed by atoms with Crippen molar-refractivity contribution in [2.24, 2.45) is 0 Å². The van der Waals surface area contributed by atoms with Crippen molar-refractivity contribution >= 4 is 23.6 Å². The molecule has 130 valence electrons. The molecule has 1 aromatic carbocycles. The molecule has 0 aliphatic carbocycles. The van der Waals surface area contributed by atoms with Gasteiger partial charge < -0.3 is 4.90 Å². The van der Waals surface area contributed by atoms with E-state index in [1.54, 1.807) is 4.90 Å². The van der Waals surface area contributed by atoms with Gasteiger partial charge in [0.2, 0.25) is 4.77 Å². The van der Waals surface area contributed by atoms with Crippen LogP contribution in [0.25, 0.3) is 5.69 Å². The number of aromatic nitrogens is 3. The van der Waals surface area contributed by atoms with Gasteiger partial charge in [-0.25, -0.2) is 0 Å². The maximum atomic E-state index is 5.75. The van der Waals surface area contributed by atoms with Crippen molar-refractivity contribution in [3.63, 3.8) is 0 Å². The van der Waals surface area contributed by atoms with Gasteiger partial charge >= 0.3 is 0 Å². The zero-order valence-electron chi connectivity index (χ0n) is 14.6. The minimum Gasteiger partial charge on any atom is -0.309 e. The second-order valence-corrected chi connectivity index (χ2v) is 8.12. The van der Waals surface area contributed by atoms with Crippen LogP contribution in [0.1, 0.15) is 35.1 Å². The molecule has 2 aromatic heterocycles. The molecule has 1 saturated heterocycles. The molecule has 2 atom stereocenters. The van der Waals surface area contributed by atoms with E-state index in [0.717, 1.165) is 23.0 Å². The van der Waals surface area contributed by atoms with Crippen LogP contribution in [0.15, 0.2) is 41.8 Å². The number of thiophene rings is 1. The fourth-order valence-electron chi connectivity index (χ4n) is 3.74. The summed E-state index contributed by atoms with van der Waals surface area (Å²) in [5, 5.41) is 6.92. The van der Waals surface area contributed by atoms with Crippen LogP contribution in [0.2, 0.25) is 0 Å². The third-order valence-corrected chi connectivity index (χ3v) is 6.40. The maximum absolute atomic E-state index is 5.75. The maximum Gasteiger partial charge on any atom is 0.207 e. The molecule has 4 nitrogen and oxygen atoms in total. The smallest absolute Gasteiger partial charge is 0.207 e. The molecule has 3 aromatic rings. The summed E-state index contributed by atoms with van der Waals surface area (Å²) in [4.78, 5) is 3.04. The van der Waals surface area contributed by atoms with Crippen LogP contribution in [0.5, 0.6) is 0 Å². The van der Waals surface area contributed by atoms with Crippen molar-refractivity contribution in [1.82, 2.24) is 14.3 Å². The standard InChI is InChI=1S/C19H22N4S2/c1-14-7-9-16(10-8-14)23-15(2)20-22(19(23)24)13-21-11-3-5-17(21)18-6-4-12-25-18/h4,6-10,12,17H,3,5,11,13H2,1-2H3/p+1/t17-/m0/s1. The molecule has 1 fully saturated rings. The molecular formula is C19H23N4S2+. The molecule has 0 radical (unpaired) electrons. The van der Waals surface area contributed by atoms with Crippen molar-refractivity contribution in [2.45, 2.75) is 39.4 Å². The Bertz CT molecular complexity index is 906. The SMILES string of the molecule is Cc1ccc(-n2c(C)nn(C[NH+]3CCC[C@H]3c3cccs3)c2=S)cc1. The first-order chi connectivity index (χ1) is 12.1. The Morgan fingerprint density at radius 2 is 2.04 bits per heavy atom. The van der Waals surface area contributed by atoms with E-state index in [1.807, 2.05) is 22.9 Å².